The average molecular weight is 322 g/mol. The lowest BCUT2D eigenvalue weighted by Crippen LogP contribution is -2.50. The number of halogens is 2. The molecule has 0 spiro atoms. The van der Waals surface area contributed by atoms with Crippen LogP contribution in [-0.4, -0.2) is 36.2 Å². The van der Waals surface area contributed by atoms with E-state index in [4.69, 9.17) is 11.5 Å². The minimum Gasteiger partial charge on any atom is -0.367 e. The van der Waals surface area contributed by atoms with Gasteiger partial charge in [-0.2, -0.15) is 0 Å². The molecular weight excluding hydrogens is 302 g/mol. The van der Waals surface area contributed by atoms with E-state index in [0.29, 0.717) is 23.1 Å². The molecule has 1 aromatic heterocycles. The van der Waals surface area contributed by atoms with Crippen LogP contribution in [0.1, 0.15) is 28.0 Å². The molecule has 23 heavy (non-hydrogen) atoms. The lowest BCUT2D eigenvalue weighted by atomic mass is 10.00. The third-order valence-corrected chi connectivity index (χ3v) is 4.66. The van der Waals surface area contributed by atoms with Crippen molar-refractivity contribution in [3.05, 3.63) is 28.7 Å². The van der Waals surface area contributed by atoms with Gasteiger partial charge in [0, 0.05) is 24.2 Å². The predicted molar refractivity (Wildman–Crippen MR) is 86.0 cm³/mol. The summed E-state index contributed by atoms with van der Waals surface area (Å²) >= 11 is 0. The second-order valence-corrected chi connectivity index (χ2v) is 6.16. The number of hydrogen-bond donors (Lipinski definition) is 3. The highest BCUT2D eigenvalue weighted by molar-refractivity contribution is 6.10. The van der Waals surface area contributed by atoms with E-state index in [1.807, 2.05) is 13.8 Å². The fraction of sp³-hybridized carbons (Fsp3) is 0.438. The molecule has 1 saturated heterocycles. The van der Waals surface area contributed by atoms with Gasteiger partial charge in [0.05, 0.1) is 22.8 Å². The summed E-state index contributed by atoms with van der Waals surface area (Å²) in [5.41, 5.74) is 13.8. The molecule has 1 aromatic carbocycles. The Hall–Kier alpha value is -2.15. The molecule has 5 N–H and O–H groups in total. The van der Waals surface area contributed by atoms with E-state index in [1.165, 1.54) is 0 Å². The second-order valence-electron chi connectivity index (χ2n) is 6.16. The molecule has 7 heteroatoms. The van der Waals surface area contributed by atoms with Crippen LogP contribution < -0.4 is 16.4 Å². The van der Waals surface area contributed by atoms with Crippen LogP contribution in [0.25, 0.3) is 10.9 Å². The van der Waals surface area contributed by atoms with E-state index in [1.54, 1.807) is 4.90 Å². The van der Waals surface area contributed by atoms with Crippen molar-refractivity contribution >= 4 is 22.5 Å². The summed E-state index contributed by atoms with van der Waals surface area (Å²) in [6.45, 7) is 4.30. The number of aryl methyl sites for hydroxylation is 2. The quantitative estimate of drug-likeness (QED) is 0.789. The highest BCUT2D eigenvalue weighted by Crippen LogP contribution is 2.37. The number of benzene rings is 1. The predicted octanol–water partition coefficient (Wildman–Crippen LogP) is 1.90. The lowest BCUT2D eigenvalue weighted by Gasteiger charge is -2.35. The molecule has 0 saturated carbocycles. The number of anilines is 1. The summed E-state index contributed by atoms with van der Waals surface area (Å²) in [6, 6.07) is 0.483. The molecule has 2 aromatic rings. The number of alkyl halides is 1. The van der Waals surface area contributed by atoms with Gasteiger partial charge >= 0.3 is 0 Å². The summed E-state index contributed by atoms with van der Waals surface area (Å²) < 4.78 is 28.4. The molecule has 124 valence electrons. The summed E-state index contributed by atoms with van der Waals surface area (Å²) in [5, 5.41) is 0.612. The largest absolute Gasteiger partial charge is 0.367 e. The fourth-order valence-electron chi connectivity index (χ4n) is 3.26. The van der Waals surface area contributed by atoms with Crippen molar-refractivity contribution in [2.24, 2.45) is 11.5 Å². The number of aromatic amines is 1. The third kappa shape index (κ3) is 2.45. The molecule has 3 rings (SSSR count). The maximum Gasteiger partial charge on any atom is 0.250 e. The number of primary amides is 1. The van der Waals surface area contributed by atoms with Crippen LogP contribution in [0, 0.1) is 19.7 Å². The van der Waals surface area contributed by atoms with Crippen molar-refractivity contribution in [2.45, 2.75) is 32.5 Å². The molecule has 0 aliphatic carbocycles. The molecule has 0 radical (unpaired) electrons. The summed E-state index contributed by atoms with van der Waals surface area (Å²) in [4.78, 5) is 16.5. The molecule has 2 atom stereocenters. The Bertz CT molecular complexity index is 786. The monoisotopic (exact) mass is 322 g/mol. The maximum atomic E-state index is 14.7. The topological polar surface area (TPSA) is 88.1 Å². The standard InChI is InChI=1S/C16H20F2N4O/c1-7-8(2)21-14-9(16(20)23)5-11(18)15(13(7)14)22-4-3-10(17)12(19)6-22/h5,10,12,21H,3-4,6,19H2,1-2H3,(H2,20,23)/t10-,12-/m0/s1. The van der Waals surface area contributed by atoms with Crippen LogP contribution in [0.4, 0.5) is 14.5 Å². The third-order valence-electron chi connectivity index (χ3n) is 4.66. The van der Waals surface area contributed by atoms with Crippen LogP contribution >= 0.6 is 0 Å². The number of rotatable bonds is 2. The van der Waals surface area contributed by atoms with Crippen LogP contribution in [0.5, 0.6) is 0 Å². The molecule has 1 fully saturated rings. The Morgan fingerprint density at radius 1 is 1.43 bits per heavy atom. The van der Waals surface area contributed by atoms with E-state index in [0.717, 1.165) is 17.3 Å². The number of fused-ring (bicyclic) bond motifs is 1. The molecular formula is C16H20F2N4O. The molecule has 1 aliphatic heterocycles. The van der Waals surface area contributed by atoms with Crippen LogP contribution in [0.2, 0.25) is 0 Å². The van der Waals surface area contributed by atoms with Gasteiger partial charge in [-0.1, -0.05) is 0 Å². The zero-order valence-electron chi connectivity index (χ0n) is 13.1. The number of carbonyl (C=O) groups is 1. The van der Waals surface area contributed by atoms with Crippen LogP contribution in [0.3, 0.4) is 0 Å². The first-order valence-corrected chi connectivity index (χ1v) is 7.57. The van der Waals surface area contributed by atoms with Gasteiger partial charge < -0.3 is 21.4 Å². The number of nitrogens with two attached hydrogens (primary N) is 2. The number of H-pyrrole nitrogens is 1. The highest BCUT2D eigenvalue weighted by Gasteiger charge is 2.30. The molecule has 1 amide bonds. The van der Waals surface area contributed by atoms with Crippen molar-refractivity contribution < 1.29 is 13.6 Å². The van der Waals surface area contributed by atoms with Crippen LogP contribution in [0.15, 0.2) is 6.07 Å². The van der Waals surface area contributed by atoms with Crippen molar-refractivity contribution in [2.75, 3.05) is 18.0 Å². The summed E-state index contributed by atoms with van der Waals surface area (Å²) in [5.74, 6) is -1.24. The molecule has 5 nitrogen and oxygen atoms in total. The maximum absolute atomic E-state index is 14.7. The first-order chi connectivity index (χ1) is 10.8. The van der Waals surface area contributed by atoms with Gasteiger partial charge in [-0.3, -0.25) is 4.79 Å². The first-order valence-electron chi connectivity index (χ1n) is 7.57. The fourth-order valence-corrected chi connectivity index (χ4v) is 3.26. The van der Waals surface area contributed by atoms with Gasteiger partial charge in [0.25, 0.3) is 5.91 Å². The van der Waals surface area contributed by atoms with Gasteiger partial charge in [0.2, 0.25) is 0 Å². The normalized spacial score (nSPS) is 21.9. The smallest absolute Gasteiger partial charge is 0.250 e. The summed E-state index contributed by atoms with van der Waals surface area (Å²) in [6.07, 6.45) is -0.828. The number of carbonyl (C=O) groups excluding carboxylic acids is 1. The molecule has 2 heterocycles. The van der Waals surface area contributed by atoms with E-state index in [2.05, 4.69) is 4.98 Å². The van der Waals surface area contributed by atoms with E-state index < -0.39 is 23.9 Å². The number of hydrogen-bond acceptors (Lipinski definition) is 3. The Kier molecular flexibility index (Phi) is 3.75. The number of nitrogens with one attached hydrogen (secondary N) is 1. The van der Waals surface area contributed by atoms with Crippen molar-refractivity contribution in [1.29, 1.82) is 0 Å². The van der Waals surface area contributed by atoms with Gasteiger partial charge in [-0.15, -0.1) is 0 Å². The number of amides is 1. The molecule has 0 bridgehead atoms. The zero-order valence-corrected chi connectivity index (χ0v) is 13.1. The van der Waals surface area contributed by atoms with E-state index in [-0.39, 0.29) is 18.5 Å². The Morgan fingerprint density at radius 2 is 2.13 bits per heavy atom. The highest BCUT2D eigenvalue weighted by atomic mass is 19.1. The number of aromatic nitrogens is 1. The van der Waals surface area contributed by atoms with Gasteiger partial charge in [0.15, 0.2) is 0 Å². The molecule has 1 aliphatic rings. The Balaban J connectivity index is 2.23. The van der Waals surface area contributed by atoms with Crippen molar-refractivity contribution in [3.63, 3.8) is 0 Å². The average Bonchev–Trinajstić information content (AvgIpc) is 2.77. The molecule has 0 unspecified atom stereocenters. The van der Waals surface area contributed by atoms with Gasteiger partial charge in [0.1, 0.15) is 12.0 Å². The Morgan fingerprint density at radius 3 is 2.74 bits per heavy atom. The van der Waals surface area contributed by atoms with Gasteiger partial charge in [-0.05, 0) is 31.9 Å². The summed E-state index contributed by atoms with van der Waals surface area (Å²) in [7, 11) is 0. The minimum atomic E-state index is -1.08. The Labute approximate surface area is 132 Å². The first kappa shape index (κ1) is 15.7. The number of piperidine rings is 1. The van der Waals surface area contributed by atoms with E-state index >= 15 is 0 Å². The SMILES string of the molecule is Cc1[nH]c2c(C(N)=O)cc(F)c(N3CC[C@H](F)[C@@H](N)C3)c2c1C. The van der Waals surface area contributed by atoms with Crippen LogP contribution in [-0.2, 0) is 0 Å². The number of nitrogens with zero attached hydrogens (tertiary/aromatic N) is 1. The minimum absolute atomic E-state index is 0.113. The van der Waals surface area contributed by atoms with Crippen molar-refractivity contribution in [3.8, 4) is 0 Å². The second kappa shape index (κ2) is 5.49. The van der Waals surface area contributed by atoms with E-state index in [9.17, 15) is 13.6 Å². The van der Waals surface area contributed by atoms with Crippen molar-refractivity contribution in [1.82, 2.24) is 4.98 Å². The van der Waals surface area contributed by atoms with Gasteiger partial charge in [-0.25, -0.2) is 8.78 Å². The zero-order chi connectivity index (χ0) is 16.9. The lowest BCUT2D eigenvalue weighted by molar-refractivity contribution is 0.100.